The van der Waals surface area contributed by atoms with E-state index in [-0.39, 0.29) is 12.4 Å². The minimum absolute atomic E-state index is 0.105. The number of unbranched alkanes of at least 4 members (excludes halogenated alkanes) is 3. The molecule has 70 valence electrons. The van der Waals surface area contributed by atoms with Crippen molar-refractivity contribution in [1.29, 1.82) is 5.41 Å². The fourth-order valence-electron chi connectivity index (χ4n) is 0.857. The molecule has 0 aromatic heterocycles. The van der Waals surface area contributed by atoms with Crippen LogP contribution >= 0.6 is 0 Å². The third-order valence-electron chi connectivity index (χ3n) is 1.53. The second kappa shape index (κ2) is 8.24. The second-order valence-electron chi connectivity index (χ2n) is 2.69. The highest BCUT2D eigenvalue weighted by Crippen LogP contribution is 1.99. The SMILES string of the molecule is CCCCCCOC(=O)CC=N. The number of hydrogen-bond donors (Lipinski definition) is 1. The lowest BCUT2D eigenvalue weighted by molar-refractivity contribution is -0.142. The lowest BCUT2D eigenvalue weighted by atomic mass is 10.2. The summed E-state index contributed by atoms with van der Waals surface area (Å²) >= 11 is 0. The van der Waals surface area contributed by atoms with Crippen LogP contribution in [0.25, 0.3) is 0 Å². The Bertz CT molecular complexity index is 134. The minimum atomic E-state index is -0.290. The van der Waals surface area contributed by atoms with Gasteiger partial charge in [0.15, 0.2) is 0 Å². The first kappa shape index (κ1) is 11.1. The van der Waals surface area contributed by atoms with Crippen LogP contribution < -0.4 is 0 Å². The van der Waals surface area contributed by atoms with Crippen LogP contribution in [0.15, 0.2) is 0 Å². The van der Waals surface area contributed by atoms with Crippen molar-refractivity contribution in [3.63, 3.8) is 0 Å². The summed E-state index contributed by atoms with van der Waals surface area (Å²) in [7, 11) is 0. The Labute approximate surface area is 73.6 Å². The summed E-state index contributed by atoms with van der Waals surface area (Å²) in [6.07, 6.45) is 5.62. The summed E-state index contributed by atoms with van der Waals surface area (Å²) in [5.74, 6) is -0.290. The standard InChI is InChI=1S/C9H17NO2/c1-2-3-4-5-8-12-9(11)6-7-10/h7,10H,2-6,8H2,1H3. The Kier molecular flexibility index (Phi) is 7.65. The van der Waals surface area contributed by atoms with Gasteiger partial charge >= 0.3 is 5.97 Å². The number of nitrogens with one attached hydrogen (secondary N) is 1. The van der Waals surface area contributed by atoms with Crippen molar-refractivity contribution in [3.05, 3.63) is 0 Å². The van der Waals surface area contributed by atoms with Gasteiger partial charge in [0.05, 0.1) is 13.0 Å². The smallest absolute Gasteiger partial charge is 0.311 e. The maximum absolute atomic E-state index is 10.7. The Morgan fingerprint density at radius 1 is 1.42 bits per heavy atom. The van der Waals surface area contributed by atoms with E-state index in [2.05, 4.69) is 6.92 Å². The molecule has 12 heavy (non-hydrogen) atoms. The summed E-state index contributed by atoms with van der Waals surface area (Å²) < 4.78 is 4.84. The van der Waals surface area contributed by atoms with Crippen LogP contribution in [-0.4, -0.2) is 18.8 Å². The molecule has 0 aromatic carbocycles. The minimum Gasteiger partial charge on any atom is -0.465 e. The maximum Gasteiger partial charge on any atom is 0.311 e. The highest BCUT2D eigenvalue weighted by Gasteiger charge is 1.98. The average Bonchev–Trinajstić information content (AvgIpc) is 2.05. The van der Waals surface area contributed by atoms with Gasteiger partial charge in [-0.05, 0) is 6.42 Å². The fraction of sp³-hybridized carbons (Fsp3) is 0.778. The molecule has 0 spiro atoms. The van der Waals surface area contributed by atoms with E-state index < -0.39 is 0 Å². The summed E-state index contributed by atoms with van der Waals surface area (Å²) in [6.45, 7) is 2.65. The van der Waals surface area contributed by atoms with Crippen molar-refractivity contribution in [3.8, 4) is 0 Å². The average molecular weight is 171 g/mol. The van der Waals surface area contributed by atoms with Crippen molar-refractivity contribution in [1.82, 2.24) is 0 Å². The highest BCUT2D eigenvalue weighted by atomic mass is 16.5. The van der Waals surface area contributed by atoms with Crippen LogP contribution in [0.4, 0.5) is 0 Å². The summed E-state index contributed by atoms with van der Waals surface area (Å²) in [5, 5.41) is 6.65. The van der Waals surface area contributed by atoms with Gasteiger partial charge in [-0.15, -0.1) is 0 Å². The molecule has 0 fully saturated rings. The van der Waals surface area contributed by atoms with Crippen molar-refractivity contribution in [2.24, 2.45) is 0 Å². The summed E-state index contributed by atoms with van der Waals surface area (Å²) in [5.41, 5.74) is 0. The lowest BCUT2D eigenvalue weighted by Crippen LogP contribution is -2.05. The molecule has 0 rings (SSSR count). The molecule has 0 aliphatic rings. The van der Waals surface area contributed by atoms with E-state index in [1.165, 1.54) is 12.8 Å². The number of hydrogen-bond acceptors (Lipinski definition) is 3. The lowest BCUT2D eigenvalue weighted by Gasteiger charge is -2.01. The van der Waals surface area contributed by atoms with Crippen molar-refractivity contribution in [2.45, 2.75) is 39.0 Å². The molecule has 0 aliphatic carbocycles. The number of ether oxygens (including phenoxy) is 1. The van der Waals surface area contributed by atoms with E-state index in [1.54, 1.807) is 0 Å². The van der Waals surface area contributed by atoms with Crippen LogP contribution in [0.2, 0.25) is 0 Å². The molecule has 0 heterocycles. The van der Waals surface area contributed by atoms with Gasteiger partial charge in [0, 0.05) is 6.21 Å². The van der Waals surface area contributed by atoms with Gasteiger partial charge in [-0.2, -0.15) is 0 Å². The molecule has 0 saturated heterocycles. The fourth-order valence-corrected chi connectivity index (χ4v) is 0.857. The van der Waals surface area contributed by atoms with Crippen LogP contribution in [-0.2, 0) is 9.53 Å². The summed E-state index contributed by atoms with van der Waals surface area (Å²) in [6, 6.07) is 0. The van der Waals surface area contributed by atoms with E-state index in [0.29, 0.717) is 6.61 Å². The topological polar surface area (TPSA) is 50.2 Å². The molecule has 1 N–H and O–H groups in total. The Morgan fingerprint density at radius 3 is 2.75 bits per heavy atom. The molecule has 0 bridgehead atoms. The number of rotatable bonds is 7. The molecule has 0 radical (unpaired) electrons. The molecule has 0 unspecified atom stereocenters. The highest BCUT2D eigenvalue weighted by molar-refractivity contribution is 5.84. The van der Waals surface area contributed by atoms with Gasteiger partial charge < -0.3 is 10.1 Å². The van der Waals surface area contributed by atoms with Crippen LogP contribution in [0.3, 0.4) is 0 Å². The first-order valence-corrected chi connectivity index (χ1v) is 4.45. The predicted octanol–water partition coefficient (Wildman–Crippen LogP) is 2.15. The zero-order valence-corrected chi connectivity index (χ0v) is 7.64. The molecule has 3 nitrogen and oxygen atoms in total. The second-order valence-corrected chi connectivity index (χ2v) is 2.69. The molecular weight excluding hydrogens is 154 g/mol. The molecule has 0 saturated carbocycles. The number of esters is 1. The van der Waals surface area contributed by atoms with E-state index >= 15 is 0 Å². The Morgan fingerprint density at radius 2 is 2.17 bits per heavy atom. The predicted molar refractivity (Wildman–Crippen MR) is 48.5 cm³/mol. The Hall–Kier alpha value is -0.860. The third kappa shape index (κ3) is 7.25. The van der Waals surface area contributed by atoms with Gasteiger partial charge in [-0.3, -0.25) is 4.79 Å². The first-order chi connectivity index (χ1) is 5.81. The number of carbonyl (C=O) groups excluding carboxylic acids is 1. The Balaban J connectivity index is 3.08. The van der Waals surface area contributed by atoms with Gasteiger partial charge in [-0.1, -0.05) is 26.2 Å². The largest absolute Gasteiger partial charge is 0.465 e. The quantitative estimate of drug-likeness (QED) is 0.362. The monoisotopic (exact) mass is 171 g/mol. The maximum atomic E-state index is 10.7. The van der Waals surface area contributed by atoms with E-state index in [9.17, 15) is 4.79 Å². The number of carbonyl (C=O) groups is 1. The van der Waals surface area contributed by atoms with Gasteiger partial charge in [0.25, 0.3) is 0 Å². The molecule has 0 amide bonds. The molecule has 0 aliphatic heterocycles. The zero-order chi connectivity index (χ0) is 9.23. The summed E-state index contributed by atoms with van der Waals surface area (Å²) in [4.78, 5) is 10.7. The third-order valence-corrected chi connectivity index (χ3v) is 1.53. The van der Waals surface area contributed by atoms with E-state index in [0.717, 1.165) is 19.1 Å². The van der Waals surface area contributed by atoms with Crippen molar-refractivity contribution in [2.75, 3.05) is 6.61 Å². The van der Waals surface area contributed by atoms with Crippen molar-refractivity contribution >= 4 is 12.2 Å². The van der Waals surface area contributed by atoms with Crippen LogP contribution in [0, 0.1) is 5.41 Å². The van der Waals surface area contributed by atoms with E-state index in [4.69, 9.17) is 10.1 Å². The molecule has 3 heteroatoms. The van der Waals surface area contributed by atoms with E-state index in [1.807, 2.05) is 0 Å². The zero-order valence-electron chi connectivity index (χ0n) is 7.64. The van der Waals surface area contributed by atoms with Gasteiger partial charge in [0.2, 0.25) is 0 Å². The normalized spacial score (nSPS) is 9.42. The molecule has 0 atom stereocenters. The van der Waals surface area contributed by atoms with Crippen LogP contribution in [0.5, 0.6) is 0 Å². The van der Waals surface area contributed by atoms with Gasteiger partial charge in [-0.25, -0.2) is 0 Å². The first-order valence-electron chi connectivity index (χ1n) is 4.45. The van der Waals surface area contributed by atoms with Gasteiger partial charge in [0.1, 0.15) is 0 Å². The van der Waals surface area contributed by atoms with Crippen LogP contribution in [0.1, 0.15) is 39.0 Å². The molecular formula is C9H17NO2. The molecule has 0 aromatic rings. The van der Waals surface area contributed by atoms with Crippen molar-refractivity contribution < 1.29 is 9.53 Å².